The molecule has 1 unspecified atom stereocenters. The molecule has 0 amide bonds. The quantitative estimate of drug-likeness (QED) is 0.417. The number of aromatic nitrogens is 1. The first-order valence-corrected chi connectivity index (χ1v) is 9.04. The van der Waals surface area contributed by atoms with Crippen LogP contribution in [0, 0.1) is 0 Å². The second kappa shape index (κ2) is 8.80. The van der Waals surface area contributed by atoms with Gasteiger partial charge in [-0.05, 0) is 24.6 Å². The summed E-state index contributed by atoms with van der Waals surface area (Å²) in [6, 6.07) is 4.47. The van der Waals surface area contributed by atoms with Crippen molar-refractivity contribution in [1.82, 2.24) is 15.6 Å². The third-order valence-corrected chi connectivity index (χ3v) is 4.67. The number of hydrogen-bond donors (Lipinski definition) is 2. The number of guanidine groups is 1. The van der Waals surface area contributed by atoms with Crippen molar-refractivity contribution in [2.75, 3.05) is 13.6 Å². The van der Waals surface area contributed by atoms with Gasteiger partial charge in [0.2, 0.25) is 0 Å². The van der Waals surface area contributed by atoms with Crippen LogP contribution < -0.4 is 10.6 Å². The Balaban J connectivity index is 1.91. The van der Waals surface area contributed by atoms with E-state index in [1.54, 1.807) is 13.0 Å². The van der Waals surface area contributed by atoms with E-state index < -0.39 is 29.7 Å². The molecule has 2 rings (SSSR count). The van der Waals surface area contributed by atoms with E-state index in [4.69, 9.17) is 0 Å². The summed E-state index contributed by atoms with van der Waals surface area (Å²) >= 11 is 0.912. The van der Waals surface area contributed by atoms with Gasteiger partial charge in [0, 0.05) is 25.4 Å². The first-order chi connectivity index (χ1) is 13.0. The summed E-state index contributed by atoms with van der Waals surface area (Å²) in [6.45, 7) is 1.94. The molecule has 0 aliphatic carbocycles. The van der Waals surface area contributed by atoms with Gasteiger partial charge in [-0.15, -0.1) is 11.3 Å². The third-order valence-electron chi connectivity index (χ3n) is 3.76. The molecule has 4 nitrogen and oxygen atoms in total. The van der Waals surface area contributed by atoms with Gasteiger partial charge in [-0.1, -0.05) is 12.1 Å². The van der Waals surface area contributed by atoms with Crippen LogP contribution in [0.15, 0.2) is 34.6 Å². The molecule has 1 heterocycles. The minimum Gasteiger partial charge on any atom is -0.356 e. The van der Waals surface area contributed by atoms with Crippen molar-refractivity contribution in [3.8, 4) is 0 Å². The number of alkyl halides is 6. The zero-order chi connectivity index (χ0) is 20.9. The second-order valence-corrected chi connectivity index (χ2v) is 6.81. The summed E-state index contributed by atoms with van der Waals surface area (Å²) in [6.07, 6.45) is -8.65. The zero-order valence-corrected chi connectivity index (χ0v) is 15.8. The van der Waals surface area contributed by atoms with E-state index in [9.17, 15) is 26.3 Å². The van der Waals surface area contributed by atoms with Gasteiger partial charge in [0.1, 0.15) is 0 Å². The van der Waals surface area contributed by atoms with Crippen LogP contribution >= 0.6 is 11.3 Å². The Kier molecular flexibility index (Phi) is 6.91. The molecule has 0 spiro atoms. The normalized spacial score (nSPS) is 14.1. The Bertz CT molecular complexity index is 812. The van der Waals surface area contributed by atoms with Crippen molar-refractivity contribution in [3.63, 3.8) is 0 Å². The van der Waals surface area contributed by atoms with E-state index in [0.717, 1.165) is 28.8 Å². The average Bonchev–Trinajstić information content (AvgIpc) is 3.09. The molecule has 0 bridgehead atoms. The van der Waals surface area contributed by atoms with Crippen LogP contribution in [0.1, 0.15) is 34.8 Å². The van der Waals surface area contributed by atoms with E-state index in [1.165, 1.54) is 13.1 Å². The fourth-order valence-electron chi connectivity index (χ4n) is 2.31. The Hall–Kier alpha value is -2.30. The highest BCUT2D eigenvalue weighted by atomic mass is 32.1. The minimum absolute atomic E-state index is 0.249. The van der Waals surface area contributed by atoms with Crippen LogP contribution in [0.2, 0.25) is 0 Å². The standard InChI is InChI=1S/C17H18F6N4S/c1-10(11-4-3-5-12(8-11)16(18,19)20)26-15(24-2)25-7-6-14-27-13(9-28-14)17(21,22)23/h3-5,8-10H,6-7H2,1-2H3,(H2,24,25,26). The van der Waals surface area contributed by atoms with Gasteiger partial charge in [-0.25, -0.2) is 4.98 Å². The molecule has 0 aliphatic rings. The minimum atomic E-state index is -4.47. The van der Waals surface area contributed by atoms with Gasteiger partial charge >= 0.3 is 12.4 Å². The number of hydrogen-bond acceptors (Lipinski definition) is 3. The SMILES string of the molecule is CN=C(NCCc1nc(C(F)(F)F)cs1)NC(C)c1cccc(C(F)(F)F)c1. The lowest BCUT2D eigenvalue weighted by Gasteiger charge is -2.19. The van der Waals surface area contributed by atoms with Gasteiger partial charge in [-0.2, -0.15) is 26.3 Å². The van der Waals surface area contributed by atoms with Crippen molar-refractivity contribution < 1.29 is 26.3 Å². The molecular formula is C17H18F6N4S. The lowest BCUT2D eigenvalue weighted by Crippen LogP contribution is -2.39. The van der Waals surface area contributed by atoms with Crippen LogP contribution in [0.25, 0.3) is 0 Å². The molecule has 0 radical (unpaired) electrons. The van der Waals surface area contributed by atoms with Crippen molar-refractivity contribution >= 4 is 17.3 Å². The first kappa shape index (κ1) is 22.0. The molecule has 28 heavy (non-hydrogen) atoms. The van der Waals surface area contributed by atoms with Crippen LogP contribution in [0.5, 0.6) is 0 Å². The van der Waals surface area contributed by atoms with Crippen LogP contribution in [0.3, 0.4) is 0 Å². The molecule has 0 aliphatic heterocycles. The van der Waals surface area contributed by atoms with Crippen molar-refractivity contribution in [2.45, 2.75) is 31.7 Å². The molecule has 1 aromatic carbocycles. The Morgan fingerprint density at radius 1 is 1.18 bits per heavy atom. The summed E-state index contributed by atoms with van der Waals surface area (Å²) in [5.74, 6) is 0.317. The maximum absolute atomic E-state index is 12.8. The lowest BCUT2D eigenvalue weighted by atomic mass is 10.1. The highest BCUT2D eigenvalue weighted by molar-refractivity contribution is 7.09. The number of benzene rings is 1. The zero-order valence-electron chi connectivity index (χ0n) is 14.9. The van der Waals surface area contributed by atoms with Crippen molar-refractivity contribution in [1.29, 1.82) is 0 Å². The summed E-state index contributed by atoms with van der Waals surface area (Å²) in [4.78, 5) is 7.51. The van der Waals surface area contributed by atoms with Gasteiger partial charge in [-0.3, -0.25) is 4.99 Å². The predicted octanol–water partition coefficient (Wildman–Crippen LogP) is 4.65. The van der Waals surface area contributed by atoms with Crippen LogP contribution in [0.4, 0.5) is 26.3 Å². The number of rotatable bonds is 5. The summed E-state index contributed by atoms with van der Waals surface area (Å²) < 4.78 is 76.1. The fourth-order valence-corrected chi connectivity index (χ4v) is 3.12. The van der Waals surface area contributed by atoms with Gasteiger partial charge < -0.3 is 10.6 Å². The Morgan fingerprint density at radius 2 is 1.89 bits per heavy atom. The van der Waals surface area contributed by atoms with Gasteiger partial charge in [0.25, 0.3) is 0 Å². The molecular weight excluding hydrogens is 406 g/mol. The maximum Gasteiger partial charge on any atom is 0.434 e. The molecule has 1 atom stereocenters. The molecule has 11 heteroatoms. The summed E-state index contributed by atoms with van der Waals surface area (Å²) in [5.41, 5.74) is -1.24. The number of aliphatic imine (C=N–C) groups is 1. The van der Waals surface area contributed by atoms with Crippen molar-refractivity contribution in [3.05, 3.63) is 51.5 Å². The molecule has 154 valence electrons. The molecule has 0 saturated carbocycles. The molecule has 0 fully saturated rings. The predicted molar refractivity (Wildman–Crippen MR) is 95.2 cm³/mol. The Morgan fingerprint density at radius 3 is 2.46 bits per heavy atom. The molecule has 2 N–H and O–H groups in total. The number of nitrogens with zero attached hydrogens (tertiary/aromatic N) is 2. The van der Waals surface area contributed by atoms with Crippen molar-refractivity contribution in [2.24, 2.45) is 4.99 Å². The molecule has 1 aromatic heterocycles. The average molecular weight is 424 g/mol. The first-order valence-electron chi connectivity index (χ1n) is 8.16. The Labute approximate surface area is 161 Å². The highest BCUT2D eigenvalue weighted by Gasteiger charge is 2.33. The summed E-state index contributed by atoms with van der Waals surface area (Å²) in [5, 5.41) is 7.14. The van der Waals surface area contributed by atoms with E-state index in [-0.39, 0.29) is 13.0 Å². The van der Waals surface area contributed by atoms with Crippen LogP contribution in [-0.2, 0) is 18.8 Å². The molecule has 2 aromatic rings. The largest absolute Gasteiger partial charge is 0.434 e. The van der Waals surface area contributed by atoms with Gasteiger partial charge in [0.15, 0.2) is 11.7 Å². The fraction of sp³-hybridized carbons (Fsp3) is 0.412. The number of nitrogens with one attached hydrogen (secondary N) is 2. The van der Waals surface area contributed by atoms with E-state index in [1.807, 2.05) is 0 Å². The maximum atomic E-state index is 12.8. The van der Waals surface area contributed by atoms with E-state index in [0.29, 0.717) is 16.5 Å². The third kappa shape index (κ3) is 6.11. The second-order valence-electron chi connectivity index (χ2n) is 5.86. The number of thiazole rings is 1. The summed E-state index contributed by atoms with van der Waals surface area (Å²) in [7, 11) is 1.49. The molecule has 0 saturated heterocycles. The highest BCUT2D eigenvalue weighted by Crippen LogP contribution is 2.31. The lowest BCUT2D eigenvalue weighted by molar-refractivity contribution is -0.141. The van der Waals surface area contributed by atoms with E-state index >= 15 is 0 Å². The van der Waals surface area contributed by atoms with Crippen LogP contribution in [-0.4, -0.2) is 24.5 Å². The topological polar surface area (TPSA) is 49.3 Å². The van der Waals surface area contributed by atoms with Gasteiger partial charge in [0.05, 0.1) is 16.6 Å². The number of halogens is 6. The van der Waals surface area contributed by atoms with E-state index in [2.05, 4.69) is 20.6 Å². The monoisotopic (exact) mass is 424 g/mol. The smallest absolute Gasteiger partial charge is 0.356 e.